The average molecular weight is 448 g/mol. The molecule has 3 nitrogen and oxygen atoms in total. The van der Waals surface area contributed by atoms with Crippen molar-refractivity contribution in [2.45, 2.75) is 37.5 Å². The maximum atomic E-state index is 11.6. The first-order valence-electron chi connectivity index (χ1n) is 12.3. The van der Waals surface area contributed by atoms with Crippen LogP contribution in [-0.2, 0) is 5.41 Å². The monoisotopic (exact) mass is 447 g/mol. The van der Waals surface area contributed by atoms with Crippen LogP contribution in [0, 0.1) is 29.6 Å². The topological polar surface area (TPSA) is 40.5 Å². The number of para-hydroxylation sites is 1. The van der Waals surface area contributed by atoms with Crippen LogP contribution in [0.15, 0.2) is 72.8 Å². The molecule has 4 aliphatic rings. The van der Waals surface area contributed by atoms with Gasteiger partial charge in [-0.25, -0.2) is 4.79 Å². The third-order valence-electron chi connectivity index (χ3n) is 8.52. The van der Waals surface area contributed by atoms with Gasteiger partial charge in [0.25, 0.3) is 0 Å². The molecule has 0 heterocycles. The molecular weight excluding hydrogens is 418 g/mol. The lowest BCUT2D eigenvalue weighted by Crippen LogP contribution is -2.31. The summed E-state index contributed by atoms with van der Waals surface area (Å²) in [5.74, 6) is 8.60. The molecule has 0 aliphatic heterocycles. The Morgan fingerprint density at radius 1 is 0.853 bits per heavy atom. The van der Waals surface area contributed by atoms with Crippen molar-refractivity contribution in [3.05, 3.63) is 95.1 Å². The molecule has 3 heteroatoms. The van der Waals surface area contributed by atoms with Gasteiger partial charge in [0, 0.05) is 23.9 Å². The van der Waals surface area contributed by atoms with Crippen molar-refractivity contribution < 1.29 is 9.90 Å². The Labute approximate surface area is 201 Å². The second kappa shape index (κ2) is 8.06. The molecule has 0 aromatic heterocycles. The molecule has 0 amide bonds. The molecule has 1 N–H and O–H groups in total. The van der Waals surface area contributed by atoms with Gasteiger partial charge in [-0.15, -0.1) is 0 Å². The Kier molecular flexibility index (Phi) is 4.99. The number of rotatable bonds is 4. The number of benzene rings is 3. The lowest BCUT2D eigenvalue weighted by atomic mass is 9.66. The van der Waals surface area contributed by atoms with E-state index in [0.717, 1.165) is 34.6 Å². The number of anilines is 2. The standard InChI is InChI=1S/C31H29NO2/c1-32(29-5-3-2-4-28(29)30(33)34)27-14-10-22(11-15-27)7-6-21-8-12-26(13-9-21)31-18-23-16-24(19-31)25(17-23)20-31/h2-5,8-15,23-25H,16-20H2,1H3,(H,33,34). The van der Waals surface area contributed by atoms with Crippen LogP contribution in [-0.4, -0.2) is 18.1 Å². The van der Waals surface area contributed by atoms with Crippen LogP contribution in [0.2, 0.25) is 0 Å². The van der Waals surface area contributed by atoms with Crippen molar-refractivity contribution in [3.8, 4) is 11.8 Å². The zero-order chi connectivity index (χ0) is 23.3. The smallest absolute Gasteiger partial charge is 0.337 e. The van der Waals surface area contributed by atoms with Crippen molar-refractivity contribution in [1.29, 1.82) is 0 Å². The quantitative estimate of drug-likeness (QED) is 0.456. The highest BCUT2D eigenvalue weighted by atomic mass is 16.4. The molecule has 4 bridgehead atoms. The van der Waals surface area contributed by atoms with Gasteiger partial charge in [-0.3, -0.25) is 0 Å². The number of carboxylic acid groups (broad SMARTS) is 1. The van der Waals surface area contributed by atoms with Crippen molar-refractivity contribution in [2.75, 3.05) is 11.9 Å². The summed E-state index contributed by atoms with van der Waals surface area (Å²) in [6.45, 7) is 0. The van der Waals surface area contributed by atoms with Crippen molar-refractivity contribution in [2.24, 2.45) is 17.8 Å². The van der Waals surface area contributed by atoms with E-state index in [1.54, 1.807) is 12.1 Å². The summed E-state index contributed by atoms with van der Waals surface area (Å²) < 4.78 is 0. The highest BCUT2D eigenvalue weighted by Gasteiger charge is 2.56. The van der Waals surface area contributed by atoms with Crippen LogP contribution in [0.25, 0.3) is 0 Å². The SMILES string of the molecule is CN(c1ccc(C#Cc2ccc(C34CC5CC(C3)C(C5)C4)cc2)cc1)c1ccccc1C(=O)O. The van der Waals surface area contributed by atoms with Crippen molar-refractivity contribution >= 4 is 17.3 Å². The Balaban J connectivity index is 1.17. The minimum atomic E-state index is -0.927. The van der Waals surface area contributed by atoms with E-state index in [1.165, 1.54) is 37.7 Å². The fourth-order valence-corrected chi connectivity index (χ4v) is 7.07. The molecule has 0 saturated heterocycles. The van der Waals surface area contributed by atoms with E-state index >= 15 is 0 Å². The molecule has 3 aromatic rings. The summed E-state index contributed by atoms with van der Waals surface area (Å²) in [6, 6.07) is 24.0. The van der Waals surface area contributed by atoms with E-state index in [2.05, 4.69) is 36.1 Å². The molecule has 34 heavy (non-hydrogen) atoms. The normalized spacial score (nSPS) is 26.2. The van der Waals surface area contributed by atoms with Gasteiger partial charge in [-0.1, -0.05) is 36.1 Å². The molecule has 2 atom stereocenters. The minimum Gasteiger partial charge on any atom is -0.478 e. The maximum absolute atomic E-state index is 11.6. The average Bonchev–Trinajstić information content (AvgIpc) is 3.29. The molecular formula is C31H29NO2. The molecule has 170 valence electrons. The summed E-state index contributed by atoms with van der Waals surface area (Å²) in [5, 5.41) is 9.47. The highest BCUT2D eigenvalue weighted by molar-refractivity contribution is 5.95. The molecule has 2 unspecified atom stereocenters. The number of aromatic carboxylic acids is 1. The van der Waals surface area contributed by atoms with Gasteiger partial charge in [0.05, 0.1) is 11.3 Å². The van der Waals surface area contributed by atoms with Crippen LogP contribution >= 0.6 is 0 Å². The lowest BCUT2D eigenvalue weighted by molar-refractivity contribution is 0.0697. The van der Waals surface area contributed by atoms with Crippen LogP contribution in [0.1, 0.15) is 59.2 Å². The molecule has 4 aliphatic carbocycles. The summed E-state index contributed by atoms with van der Waals surface area (Å²) in [5.41, 5.74) is 5.84. The largest absolute Gasteiger partial charge is 0.478 e. The number of hydrogen-bond acceptors (Lipinski definition) is 2. The number of hydrogen-bond donors (Lipinski definition) is 1. The molecule has 3 aromatic carbocycles. The van der Waals surface area contributed by atoms with E-state index in [9.17, 15) is 9.90 Å². The van der Waals surface area contributed by atoms with Gasteiger partial charge in [0.1, 0.15) is 0 Å². The molecule has 4 saturated carbocycles. The third-order valence-corrected chi connectivity index (χ3v) is 8.52. The van der Waals surface area contributed by atoms with E-state index in [-0.39, 0.29) is 5.56 Å². The predicted octanol–water partition coefficient (Wildman–Crippen LogP) is 6.63. The first-order chi connectivity index (χ1) is 16.5. The van der Waals surface area contributed by atoms with Gasteiger partial charge >= 0.3 is 5.97 Å². The van der Waals surface area contributed by atoms with Crippen molar-refractivity contribution in [1.82, 2.24) is 0 Å². The van der Waals surface area contributed by atoms with Gasteiger partial charge < -0.3 is 10.0 Å². The minimum absolute atomic E-state index is 0.287. The Bertz CT molecular complexity index is 1280. The van der Waals surface area contributed by atoms with Gasteiger partial charge in [0.15, 0.2) is 0 Å². The van der Waals surface area contributed by atoms with Crippen LogP contribution in [0.3, 0.4) is 0 Å². The second-order valence-electron chi connectivity index (χ2n) is 10.5. The predicted molar refractivity (Wildman–Crippen MR) is 136 cm³/mol. The third kappa shape index (κ3) is 3.59. The van der Waals surface area contributed by atoms with E-state index in [1.807, 2.05) is 48.3 Å². The van der Waals surface area contributed by atoms with E-state index in [0.29, 0.717) is 11.1 Å². The van der Waals surface area contributed by atoms with Gasteiger partial charge in [-0.05, 0) is 109 Å². The Morgan fingerprint density at radius 2 is 1.44 bits per heavy atom. The summed E-state index contributed by atoms with van der Waals surface area (Å²) in [6.07, 6.45) is 7.16. The molecule has 7 rings (SSSR count). The summed E-state index contributed by atoms with van der Waals surface area (Å²) in [7, 11) is 1.88. The van der Waals surface area contributed by atoms with E-state index < -0.39 is 5.97 Å². The number of carbonyl (C=O) groups is 1. The maximum Gasteiger partial charge on any atom is 0.337 e. The van der Waals surface area contributed by atoms with Crippen LogP contribution < -0.4 is 4.90 Å². The Hall–Kier alpha value is -3.51. The number of carboxylic acids is 1. The van der Waals surface area contributed by atoms with Crippen molar-refractivity contribution in [3.63, 3.8) is 0 Å². The summed E-state index contributed by atoms with van der Waals surface area (Å²) in [4.78, 5) is 13.4. The Morgan fingerprint density at radius 3 is 2.03 bits per heavy atom. The molecule has 0 spiro atoms. The highest BCUT2D eigenvalue weighted by Crippen LogP contribution is 2.64. The fraction of sp³-hybridized carbons (Fsp3) is 0.323. The fourth-order valence-electron chi connectivity index (χ4n) is 7.07. The number of nitrogens with zero attached hydrogens (tertiary/aromatic N) is 1. The zero-order valence-electron chi connectivity index (χ0n) is 19.5. The van der Waals surface area contributed by atoms with Gasteiger partial charge in [-0.2, -0.15) is 0 Å². The zero-order valence-corrected chi connectivity index (χ0v) is 19.5. The van der Waals surface area contributed by atoms with Crippen LogP contribution in [0.5, 0.6) is 0 Å². The summed E-state index contributed by atoms with van der Waals surface area (Å²) >= 11 is 0. The molecule has 4 fully saturated rings. The van der Waals surface area contributed by atoms with Crippen LogP contribution in [0.4, 0.5) is 11.4 Å². The second-order valence-corrected chi connectivity index (χ2v) is 10.5. The lowest BCUT2D eigenvalue weighted by Gasteiger charge is -2.39. The van der Waals surface area contributed by atoms with E-state index in [4.69, 9.17) is 0 Å². The first-order valence-corrected chi connectivity index (χ1v) is 12.3. The molecule has 0 radical (unpaired) electrons. The van der Waals surface area contributed by atoms with Gasteiger partial charge in [0.2, 0.25) is 0 Å². The first kappa shape index (κ1) is 21.1.